The molecule has 0 bridgehead atoms. The van der Waals surface area contributed by atoms with Gasteiger partial charge in [0.2, 0.25) is 0 Å². The van der Waals surface area contributed by atoms with Crippen LogP contribution in [-0.4, -0.2) is 27.3 Å². The van der Waals surface area contributed by atoms with Crippen molar-refractivity contribution in [1.82, 2.24) is 14.8 Å². The molecule has 0 unspecified atom stereocenters. The average Bonchev–Trinajstić information content (AvgIpc) is 3.42. The lowest BCUT2D eigenvalue weighted by Crippen LogP contribution is -2.53. The Kier molecular flexibility index (Phi) is 5.32. The van der Waals surface area contributed by atoms with Crippen LogP contribution in [0.25, 0.3) is 11.1 Å². The van der Waals surface area contributed by atoms with Gasteiger partial charge in [0, 0.05) is 16.3 Å². The van der Waals surface area contributed by atoms with E-state index in [0.717, 1.165) is 31.7 Å². The monoisotopic (exact) mass is 448 g/mol. The van der Waals surface area contributed by atoms with Crippen molar-refractivity contribution < 1.29 is 18.8 Å². The summed E-state index contributed by atoms with van der Waals surface area (Å²) < 4.78 is 7.18. The van der Waals surface area contributed by atoms with E-state index in [9.17, 15) is 19.6 Å². The zero-order valence-electron chi connectivity index (χ0n) is 18.0. The first-order chi connectivity index (χ1) is 15.2. The lowest BCUT2D eigenvalue weighted by molar-refractivity contribution is -0.130. The Balaban J connectivity index is 1.75. The van der Waals surface area contributed by atoms with Gasteiger partial charge in [-0.3, -0.25) is 19.8 Å². The van der Waals surface area contributed by atoms with Crippen LogP contribution in [0, 0.1) is 39.0 Å². The molecule has 0 aliphatic carbocycles. The molecule has 1 saturated heterocycles. The van der Waals surface area contributed by atoms with Crippen LogP contribution in [0.3, 0.4) is 0 Å². The Morgan fingerprint density at radius 3 is 2.62 bits per heavy atom. The molecule has 3 aromatic rings. The highest BCUT2D eigenvalue weighted by molar-refractivity contribution is 7.14. The van der Waals surface area contributed by atoms with E-state index < -0.39 is 17.8 Å². The van der Waals surface area contributed by atoms with Gasteiger partial charge in [-0.15, -0.1) is 11.3 Å². The highest BCUT2D eigenvalue weighted by Crippen LogP contribution is 2.34. The third-order valence-corrected chi connectivity index (χ3v) is 6.72. The van der Waals surface area contributed by atoms with E-state index in [4.69, 9.17) is 4.42 Å². The number of hydrogen-bond donors (Lipinski definition) is 1. The number of aromatic nitrogens is 1. The maximum absolute atomic E-state index is 13.0. The molecule has 0 aromatic carbocycles. The smallest absolute Gasteiger partial charge is 0.331 e. The number of nitriles is 1. The molecule has 0 saturated carbocycles. The quantitative estimate of drug-likeness (QED) is 0.481. The van der Waals surface area contributed by atoms with Crippen LogP contribution in [0.15, 0.2) is 34.5 Å². The van der Waals surface area contributed by atoms with Crippen molar-refractivity contribution in [1.29, 1.82) is 5.26 Å². The molecule has 32 heavy (non-hydrogen) atoms. The first-order valence-corrected chi connectivity index (χ1v) is 10.6. The summed E-state index contributed by atoms with van der Waals surface area (Å²) in [7, 11) is 0. The fourth-order valence-electron chi connectivity index (χ4n) is 3.70. The van der Waals surface area contributed by atoms with Gasteiger partial charge in [-0.1, -0.05) is 0 Å². The summed E-state index contributed by atoms with van der Waals surface area (Å²) in [5, 5.41) is 12.7. The fraction of sp³-hybridized carbons (Fsp3) is 0.217. The number of furan rings is 1. The molecule has 0 atom stereocenters. The first-order valence-electron chi connectivity index (χ1n) is 9.83. The van der Waals surface area contributed by atoms with Crippen LogP contribution in [0.4, 0.5) is 4.79 Å². The van der Waals surface area contributed by atoms with E-state index in [1.807, 2.05) is 38.3 Å². The summed E-state index contributed by atoms with van der Waals surface area (Å²) in [5.74, 6) is -1.02. The second-order valence-corrected chi connectivity index (χ2v) is 8.73. The van der Waals surface area contributed by atoms with Crippen molar-refractivity contribution in [2.75, 3.05) is 0 Å². The van der Waals surface area contributed by atoms with Crippen molar-refractivity contribution >= 4 is 35.3 Å². The summed E-state index contributed by atoms with van der Waals surface area (Å²) >= 11 is 1.52. The minimum atomic E-state index is -0.790. The van der Waals surface area contributed by atoms with E-state index in [-0.39, 0.29) is 12.1 Å². The van der Waals surface area contributed by atoms with Gasteiger partial charge in [0.1, 0.15) is 22.4 Å². The van der Waals surface area contributed by atoms with E-state index in [0.29, 0.717) is 16.9 Å². The standard InChI is InChI=1S/C23H20N4O4S/c1-12-8-16(14(3)27(12)22-19(10-24)13(2)15(4)32-22)9-18-20(28)25-23(30)26(21(18)29)11-17-6-5-7-31-17/h5-9H,11H2,1-4H3,(H,25,28,30)/b18-9-. The van der Waals surface area contributed by atoms with Gasteiger partial charge in [-0.05, 0) is 63.1 Å². The number of aryl methyl sites for hydroxylation is 2. The average molecular weight is 449 g/mol. The van der Waals surface area contributed by atoms with Crippen LogP contribution in [0.2, 0.25) is 0 Å². The topological polar surface area (TPSA) is 108 Å². The first kappa shape index (κ1) is 21.3. The SMILES string of the molecule is Cc1sc(-n2c(C)cc(/C=C3/C(=O)NC(=O)N(Cc4ccco4)C3=O)c2C)c(C#N)c1C. The number of rotatable bonds is 4. The number of carbonyl (C=O) groups is 3. The number of amides is 4. The van der Waals surface area contributed by atoms with Crippen LogP contribution in [0.5, 0.6) is 0 Å². The minimum absolute atomic E-state index is 0.0828. The number of barbiturate groups is 1. The Morgan fingerprint density at radius 2 is 1.97 bits per heavy atom. The molecule has 0 spiro atoms. The highest BCUT2D eigenvalue weighted by Gasteiger charge is 2.36. The normalized spacial score (nSPS) is 15.4. The molecule has 4 amide bonds. The van der Waals surface area contributed by atoms with Crippen molar-refractivity contribution in [2.24, 2.45) is 0 Å². The Bertz CT molecular complexity index is 1340. The summed E-state index contributed by atoms with van der Waals surface area (Å²) in [6.07, 6.45) is 2.93. The van der Waals surface area contributed by atoms with Gasteiger partial charge >= 0.3 is 6.03 Å². The number of hydrogen-bond acceptors (Lipinski definition) is 6. The minimum Gasteiger partial charge on any atom is -0.467 e. The molecule has 4 rings (SSSR count). The number of thiophene rings is 1. The molecule has 1 N–H and O–H groups in total. The number of nitrogens with zero attached hydrogens (tertiary/aromatic N) is 3. The number of urea groups is 1. The third kappa shape index (κ3) is 3.44. The summed E-state index contributed by atoms with van der Waals surface area (Å²) in [6, 6.07) is 6.64. The second-order valence-electron chi connectivity index (χ2n) is 7.53. The zero-order chi connectivity index (χ0) is 23.2. The lowest BCUT2D eigenvalue weighted by atomic mass is 10.1. The largest absolute Gasteiger partial charge is 0.467 e. The number of nitrogens with one attached hydrogen (secondary N) is 1. The Labute approximate surface area is 188 Å². The van der Waals surface area contributed by atoms with Gasteiger partial charge in [0.25, 0.3) is 11.8 Å². The predicted molar refractivity (Wildman–Crippen MR) is 118 cm³/mol. The van der Waals surface area contributed by atoms with Crippen LogP contribution in [-0.2, 0) is 16.1 Å². The molecule has 9 heteroatoms. The summed E-state index contributed by atoms with van der Waals surface area (Å²) in [4.78, 5) is 39.7. The predicted octanol–water partition coefficient (Wildman–Crippen LogP) is 3.90. The molecule has 0 radical (unpaired) electrons. The van der Waals surface area contributed by atoms with Gasteiger partial charge < -0.3 is 8.98 Å². The van der Waals surface area contributed by atoms with E-state index in [2.05, 4.69) is 11.4 Å². The number of carbonyl (C=O) groups excluding carboxylic acids is 3. The van der Waals surface area contributed by atoms with Crippen molar-refractivity contribution in [3.8, 4) is 11.1 Å². The van der Waals surface area contributed by atoms with Crippen LogP contribution >= 0.6 is 11.3 Å². The van der Waals surface area contributed by atoms with Crippen LogP contribution in [0.1, 0.15) is 38.7 Å². The van der Waals surface area contributed by atoms with Crippen molar-refractivity contribution in [2.45, 2.75) is 34.2 Å². The molecule has 4 heterocycles. The third-order valence-electron chi connectivity index (χ3n) is 5.53. The van der Waals surface area contributed by atoms with Gasteiger partial charge in [0.05, 0.1) is 18.4 Å². The molecule has 1 aliphatic rings. The van der Waals surface area contributed by atoms with Crippen molar-refractivity contribution in [3.05, 3.63) is 68.8 Å². The zero-order valence-corrected chi connectivity index (χ0v) is 18.8. The highest BCUT2D eigenvalue weighted by atomic mass is 32.1. The van der Waals surface area contributed by atoms with Gasteiger partial charge in [-0.25, -0.2) is 4.79 Å². The Hall–Kier alpha value is -3.90. The van der Waals surface area contributed by atoms with Crippen LogP contribution < -0.4 is 5.32 Å². The van der Waals surface area contributed by atoms with E-state index in [1.54, 1.807) is 12.1 Å². The second kappa shape index (κ2) is 7.98. The van der Waals surface area contributed by atoms with Gasteiger partial charge in [-0.2, -0.15) is 5.26 Å². The fourth-order valence-corrected chi connectivity index (χ4v) is 4.91. The molecule has 8 nitrogen and oxygen atoms in total. The lowest BCUT2D eigenvalue weighted by Gasteiger charge is -2.25. The molecule has 1 fully saturated rings. The summed E-state index contributed by atoms with van der Waals surface area (Å²) in [6.45, 7) is 7.57. The molecular weight excluding hydrogens is 428 g/mol. The van der Waals surface area contributed by atoms with Gasteiger partial charge in [0.15, 0.2) is 0 Å². The Morgan fingerprint density at radius 1 is 1.22 bits per heavy atom. The molecule has 3 aromatic heterocycles. The van der Waals surface area contributed by atoms with E-state index in [1.165, 1.54) is 23.7 Å². The maximum atomic E-state index is 13.0. The van der Waals surface area contributed by atoms with E-state index >= 15 is 0 Å². The molecule has 162 valence electrons. The number of imide groups is 2. The molecular formula is C23H20N4O4S. The summed E-state index contributed by atoms with van der Waals surface area (Å²) in [5.41, 5.74) is 3.70. The molecule has 1 aliphatic heterocycles. The van der Waals surface area contributed by atoms with Crippen molar-refractivity contribution in [3.63, 3.8) is 0 Å². The maximum Gasteiger partial charge on any atom is 0.331 e.